The molecule has 86 valence electrons. The third-order valence-electron chi connectivity index (χ3n) is 2.19. The summed E-state index contributed by atoms with van der Waals surface area (Å²) in [5.74, 6) is 0.711. The van der Waals surface area contributed by atoms with Crippen molar-refractivity contribution < 1.29 is 9.47 Å². The van der Waals surface area contributed by atoms with E-state index >= 15 is 0 Å². The molecule has 14 heavy (non-hydrogen) atoms. The minimum Gasteiger partial charge on any atom is -0.383 e. The summed E-state index contributed by atoms with van der Waals surface area (Å²) in [5.41, 5.74) is 0. The van der Waals surface area contributed by atoms with Crippen molar-refractivity contribution in [3.63, 3.8) is 0 Å². The molecule has 0 aromatic rings. The molecule has 0 radical (unpaired) electrons. The Hall–Kier alpha value is 0.170. The fourth-order valence-electron chi connectivity index (χ4n) is 1.37. The zero-order chi connectivity index (χ0) is 10.8. The number of ether oxygens (including phenoxy) is 2. The summed E-state index contributed by atoms with van der Waals surface area (Å²) in [6.07, 6.45) is 1.01. The first-order valence-electron chi connectivity index (χ1n) is 5.04. The molecule has 0 aliphatic heterocycles. The number of nitrogens with zero attached hydrogens (tertiary/aromatic N) is 1. The van der Waals surface area contributed by atoms with Gasteiger partial charge in [-0.1, -0.05) is 0 Å². The number of alkyl halides is 1. The molecule has 3 nitrogen and oxygen atoms in total. The highest BCUT2D eigenvalue weighted by atomic mass is 35.5. The van der Waals surface area contributed by atoms with Crippen LogP contribution >= 0.6 is 11.6 Å². The van der Waals surface area contributed by atoms with Crippen LogP contribution in [-0.4, -0.2) is 57.3 Å². The van der Waals surface area contributed by atoms with Crippen LogP contribution in [0.15, 0.2) is 0 Å². The molecule has 0 spiro atoms. The Morgan fingerprint density at radius 1 is 1.21 bits per heavy atom. The predicted molar refractivity (Wildman–Crippen MR) is 60.1 cm³/mol. The van der Waals surface area contributed by atoms with Gasteiger partial charge in [-0.3, -0.25) is 4.90 Å². The van der Waals surface area contributed by atoms with Gasteiger partial charge in [-0.2, -0.15) is 0 Å². The van der Waals surface area contributed by atoms with Gasteiger partial charge in [0.15, 0.2) is 0 Å². The third kappa shape index (κ3) is 6.60. The highest BCUT2D eigenvalue weighted by molar-refractivity contribution is 6.17. The molecular formula is C10H22ClNO2. The van der Waals surface area contributed by atoms with Crippen LogP contribution in [0.4, 0.5) is 0 Å². The largest absolute Gasteiger partial charge is 0.383 e. The number of halogens is 1. The lowest BCUT2D eigenvalue weighted by Crippen LogP contribution is -2.39. The zero-order valence-electron chi connectivity index (χ0n) is 9.46. The minimum absolute atomic E-state index is 0.429. The van der Waals surface area contributed by atoms with Crippen LogP contribution < -0.4 is 0 Å². The number of rotatable bonds is 9. The van der Waals surface area contributed by atoms with Gasteiger partial charge in [-0.15, -0.1) is 11.6 Å². The summed E-state index contributed by atoms with van der Waals surface area (Å²) >= 11 is 5.67. The van der Waals surface area contributed by atoms with E-state index in [0.717, 1.165) is 32.7 Å². The van der Waals surface area contributed by atoms with E-state index in [-0.39, 0.29) is 0 Å². The van der Waals surface area contributed by atoms with Gasteiger partial charge in [0.25, 0.3) is 0 Å². The average molecular weight is 224 g/mol. The Bertz CT molecular complexity index is 117. The Morgan fingerprint density at radius 2 is 1.93 bits per heavy atom. The normalized spacial score (nSPS) is 13.5. The fourth-order valence-corrected chi connectivity index (χ4v) is 1.49. The van der Waals surface area contributed by atoms with Gasteiger partial charge in [0.2, 0.25) is 0 Å². The third-order valence-corrected chi connectivity index (χ3v) is 2.46. The molecule has 1 atom stereocenters. The van der Waals surface area contributed by atoms with Crippen LogP contribution in [0.25, 0.3) is 0 Å². The maximum atomic E-state index is 5.67. The molecule has 1 unspecified atom stereocenters. The minimum atomic E-state index is 0.429. The fraction of sp³-hybridized carbons (Fsp3) is 1.00. The Balaban J connectivity index is 3.81. The number of hydrogen-bond acceptors (Lipinski definition) is 3. The molecule has 0 aliphatic rings. The van der Waals surface area contributed by atoms with Crippen molar-refractivity contribution in [3.8, 4) is 0 Å². The molecule has 0 saturated heterocycles. The molecule has 0 aromatic carbocycles. The second kappa shape index (κ2) is 9.71. The van der Waals surface area contributed by atoms with Crippen molar-refractivity contribution in [3.05, 3.63) is 0 Å². The van der Waals surface area contributed by atoms with E-state index in [2.05, 4.69) is 11.8 Å². The quantitative estimate of drug-likeness (QED) is 0.555. The predicted octanol–water partition coefficient (Wildman–Crippen LogP) is 1.60. The molecule has 0 bridgehead atoms. The maximum Gasteiger partial charge on any atom is 0.0615 e. The molecule has 0 saturated carbocycles. The number of methoxy groups -OCH3 is 2. The lowest BCUT2D eigenvalue weighted by atomic mass is 10.2. The highest BCUT2D eigenvalue weighted by Crippen LogP contribution is 2.01. The second-order valence-corrected chi connectivity index (χ2v) is 3.75. The lowest BCUT2D eigenvalue weighted by Gasteiger charge is -2.28. The first kappa shape index (κ1) is 14.2. The van der Waals surface area contributed by atoms with Gasteiger partial charge in [0.1, 0.15) is 0 Å². The van der Waals surface area contributed by atoms with E-state index in [1.54, 1.807) is 14.2 Å². The van der Waals surface area contributed by atoms with Crippen molar-refractivity contribution in [2.45, 2.75) is 19.4 Å². The standard InChI is InChI=1S/C10H22ClNO2/c1-10(9-14-3)12(6-4-5-11)7-8-13-2/h10H,4-9H2,1-3H3. The van der Waals surface area contributed by atoms with E-state index in [0.29, 0.717) is 11.9 Å². The van der Waals surface area contributed by atoms with E-state index in [1.807, 2.05) is 0 Å². The molecule has 0 heterocycles. The second-order valence-electron chi connectivity index (χ2n) is 3.38. The summed E-state index contributed by atoms with van der Waals surface area (Å²) in [6, 6.07) is 0.429. The molecule has 0 amide bonds. The van der Waals surface area contributed by atoms with E-state index in [9.17, 15) is 0 Å². The first-order chi connectivity index (χ1) is 6.76. The van der Waals surface area contributed by atoms with Gasteiger partial charge in [0.05, 0.1) is 13.2 Å². The smallest absolute Gasteiger partial charge is 0.0615 e. The van der Waals surface area contributed by atoms with E-state index in [1.165, 1.54) is 0 Å². The van der Waals surface area contributed by atoms with Gasteiger partial charge in [-0.25, -0.2) is 0 Å². The van der Waals surface area contributed by atoms with Crippen LogP contribution in [0.2, 0.25) is 0 Å². The van der Waals surface area contributed by atoms with Crippen LogP contribution in [0.3, 0.4) is 0 Å². The van der Waals surface area contributed by atoms with Crippen LogP contribution in [-0.2, 0) is 9.47 Å². The van der Waals surface area contributed by atoms with Crippen molar-refractivity contribution in [2.75, 3.05) is 46.4 Å². The van der Waals surface area contributed by atoms with Gasteiger partial charge >= 0.3 is 0 Å². The molecule has 0 aromatic heterocycles. The molecule has 0 rings (SSSR count). The molecule has 4 heteroatoms. The molecule has 0 aliphatic carbocycles. The maximum absolute atomic E-state index is 5.67. The van der Waals surface area contributed by atoms with Crippen molar-refractivity contribution in [2.24, 2.45) is 0 Å². The lowest BCUT2D eigenvalue weighted by molar-refractivity contribution is 0.0753. The summed E-state index contributed by atoms with van der Waals surface area (Å²) in [5, 5.41) is 0. The molecular weight excluding hydrogens is 202 g/mol. The number of hydrogen-bond donors (Lipinski definition) is 0. The Kier molecular flexibility index (Phi) is 9.83. The van der Waals surface area contributed by atoms with Gasteiger partial charge < -0.3 is 9.47 Å². The van der Waals surface area contributed by atoms with Crippen molar-refractivity contribution in [1.82, 2.24) is 4.90 Å². The Morgan fingerprint density at radius 3 is 2.43 bits per heavy atom. The summed E-state index contributed by atoms with van der Waals surface area (Å²) in [6.45, 7) is 5.63. The monoisotopic (exact) mass is 223 g/mol. The van der Waals surface area contributed by atoms with Crippen molar-refractivity contribution >= 4 is 11.6 Å². The van der Waals surface area contributed by atoms with E-state index in [4.69, 9.17) is 21.1 Å². The Labute approximate surface area is 92.3 Å². The summed E-state index contributed by atoms with van der Waals surface area (Å²) < 4.78 is 10.2. The van der Waals surface area contributed by atoms with Gasteiger partial charge in [-0.05, 0) is 19.9 Å². The highest BCUT2D eigenvalue weighted by Gasteiger charge is 2.12. The van der Waals surface area contributed by atoms with Crippen molar-refractivity contribution in [1.29, 1.82) is 0 Å². The van der Waals surface area contributed by atoms with Crippen LogP contribution in [0.5, 0.6) is 0 Å². The average Bonchev–Trinajstić information content (AvgIpc) is 2.18. The SMILES string of the molecule is COCCN(CCCCl)C(C)COC. The molecule has 0 N–H and O–H groups in total. The van der Waals surface area contributed by atoms with Crippen LogP contribution in [0, 0.1) is 0 Å². The molecule has 0 fully saturated rings. The summed E-state index contributed by atoms with van der Waals surface area (Å²) in [7, 11) is 3.45. The van der Waals surface area contributed by atoms with E-state index < -0.39 is 0 Å². The zero-order valence-corrected chi connectivity index (χ0v) is 10.2. The summed E-state index contributed by atoms with van der Waals surface area (Å²) in [4.78, 5) is 2.34. The van der Waals surface area contributed by atoms with Gasteiger partial charge in [0, 0.05) is 32.7 Å². The van der Waals surface area contributed by atoms with Crippen LogP contribution in [0.1, 0.15) is 13.3 Å². The first-order valence-corrected chi connectivity index (χ1v) is 5.57. The topological polar surface area (TPSA) is 21.7 Å².